The maximum atomic E-state index is 13.1. The predicted molar refractivity (Wildman–Crippen MR) is 70.6 cm³/mol. The van der Waals surface area contributed by atoms with Gasteiger partial charge in [-0.15, -0.1) is 0 Å². The molecule has 2 saturated carbocycles. The fourth-order valence-electron chi connectivity index (χ4n) is 2.80. The van der Waals surface area contributed by atoms with Gasteiger partial charge in [0.05, 0.1) is 5.69 Å². The van der Waals surface area contributed by atoms with E-state index in [4.69, 9.17) is 0 Å². The van der Waals surface area contributed by atoms with E-state index in [1.165, 1.54) is 43.7 Å². The van der Waals surface area contributed by atoms with Crippen molar-refractivity contribution in [1.29, 1.82) is 0 Å². The third-order valence-electron chi connectivity index (χ3n) is 4.11. The topological polar surface area (TPSA) is 36.1 Å². The predicted octanol–water partition coefficient (Wildman–Crippen LogP) is 2.66. The van der Waals surface area contributed by atoms with Gasteiger partial charge in [0.15, 0.2) is 0 Å². The van der Waals surface area contributed by atoms with Crippen LogP contribution in [0.25, 0.3) is 0 Å². The molecule has 18 heavy (non-hydrogen) atoms. The minimum atomic E-state index is -0.187. The summed E-state index contributed by atoms with van der Waals surface area (Å²) in [6.07, 6.45) is 5.40. The highest BCUT2D eigenvalue weighted by molar-refractivity contribution is 7.97. The molecule has 0 amide bonds. The zero-order valence-electron chi connectivity index (χ0n) is 10.0. The van der Waals surface area contributed by atoms with Gasteiger partial charge in [-0.2, -0.15) is 0 Å². The summed E-state index contributed by atoms with van der Waals surface area (Å²) < 4.78 is 16.4. The van der Waals surface area contributed by atoms with Crippen molar-refractivity contribution in [2.45, 2.75) is 42.4 Å². The quantitative estimate of drug-likeness (QED) is 0.734. The van der Waals surface area contributed by atoms with Gasteiger partial charge in [0.2, 0.25) is 0 Å². The fraction of sp³-hybridized carbons (Fsp3) is 0.538. The van der Waals surface area contributed by atoms with Gasteiger partial charge >= 0.3 is 0 Å². The van der Waals surface area contributed by atoms with Crippen LogP contribution in [0.2, 0.25) is 0 Å². The van der Waals surface area contributed by atoms with E-state index >= 15 is 0 Å². The second kappa shape index (κ2) is 3.85. The monoisotopic (exact) mass is 265 g/mol. The average Bonchev–Trinajstić information content (AvgIpc) is 3.22. The molecule has 3 N–H and O–H groups in total. The molecule has 1 unspecified atom stereocenters. The van der Waals surface area contributed by atoms with Gasteiger partial charge in [-0.3, -0.25) is 5.32 Å². The Labute approximate surface area is 110 Å². The Hall–Kier alpha value is -0.780. The molecule has 1 heterocycles. The Morgan fingerprint density at radius 3 is 2.89 bits per heavy atom. The van der Waals surface area contributed by atoms with Crippen molar-refractivity contribution in [1.82, 2.24) is 10.0 Å². The van der Waals surface area contributed by atoms with Crippen molar-refractivity contribution in [3.63, 3.8) is 0 Å². The Bertz CT molecular complexity index is 485. The minimum Gasteiger partial charge on any atom is -0.356 e. The van der Waals surface area contributed by atoms with Crippen molar-refractivity contribution in [3.05, 3.63) is 24.0 Å². The number of halogens is 1. The molecule has 1 atom stereocenters. The lowest BCUT2D eigenvalue weighted by Gasteiger charge is -2.31. The van der Waals surface area contributed by atoms with Crippen molar-refractivity contribution >= 4 is 17.6 Å². The molecule has 1 aliphatic heterocycles. The third kappa shape index (κ3) is 1.90. The van der Waals surface area contributed by atoms with Gasteiger partial charge in [0, 0.05) is 10.4 Å². The molecule has 1 aromatic rings. The maximum absolute atomic E-state index is 13.1. The molecule has 0 bridgehead atoms. The van der Waals surface area contributed by atoms with Crippen LogP contribution in [0.5, 0.6) is 0 Å². The second-order valence-corrected chi connectivity index (χ2v) is 6.39. The minimum absolute atomic E-state index is 0.0797. The van der Waals surface area contributed by atoms with Crippen LogP contribution in [0.3, 0.4) is 0 Å². The molecular formula is C13H16FN3S. The molecular weight excluding hydrogens is 249 g/mol. The lowest BCUT2D eigenvalue weighted by Crippen LogP contribution is -2.53. The molecule has 0 spiro atoms. The summed E-state index contributed by atoms with van der Waals surface area (Å²) in [5.41, 5.74) is 1.38. The highest BCUT2D eigenvalue weighted by atomic mass is 32.2. The molecule has 2 aliphatic carbocycles. The summed E-state index contributed by atoms with van der Waals surface area (Å²) in [5, 5.41) is 7.08. The van der Waals surface area contributed by atoms with Crippen LogP contribution in [0, 0.1) is 11.7 Å². The summed E-state index contributed by atoms with van der Waals surface area (Å²) in [6.45, 7) is 0. The van der Waals surface area contributed by atoms with Crippen molar-refractivity contribution in [2.24, 2.45) is 5.92 Å². The lowest BCUT2D eigenvalue weighted by molar-refractivity contribution is 0.388. The number of benzene rings is 1. The van der Waals surface area contributed by atoms with E-state index in [0.717, 1.165) is 16.5 Å². The number of rotatable bonds is 3. The van der Waals surface area contributed by atoms with E-state index < -0.39 is 0 Å². The van der Waals surface area contributed by atoms with Crippen LogP contribution < -0.4 is 15.4 Å². The second-order valence-electron chi connectivity index (χ2n) is 5.51. The number of hydrogen-bond donors (Lipinski definition) is 3. The standard InChI is InChI=1S/C13H16FN3S/c14-9-3-4-10-11(7-9)18-17-12(15-10)16-13(5-6-13)8-1-2-8/h3-4,7-8,12,15-17H,1-2,5-6H2. The van der Waals surface area contributed by atoms with E-state index in [1.807, 2.05) is 6.07 Å². The molecule has 0 aromatic heterocycles. The van der Waals surface area contributed by atoms with E-state index in [2.05, 4.69) is 15.4 Å². The zero-order chi connectivity index (χ0) is 12.2. The summed E-state index contributed by atoms with van der Waals surface area (Å²) >= 11 is 1.50. The first-order chi connectivity index (χ1) is 8.75. The molecule has 3 nitrogen and oxygen atoms in total. The van der Waals surface area contributed by atoms with E-state index in [9.17, 15) is 4.39 Å². The van der Waals surface area contributed by atoms with Gasteiger partial charge in [-0.1, -0.05) is 0 Å². The summed E-state index contributed by atoms with van der Waals surface area (Å²) in [6, 6.07) is 4.87. The molecule has 5 heteroatoms. The summed E-state index contributed by atoms with van der Waals surface area (Å²) in [4.78, 5) is 0.921. The first kappa shape index (κ1) is 11.1. The van der Waals surface area contributed by atoms with Crippen molar-refractivity contribution in [2.75, 3.05) is 5.32 Å². The van der Waals surface area contributed by atoms with Crippen LogP contribution in [0.4, 0.5) is 10.1 Å². The van der Waals surface area contributed by atoms with Gasteiger partial charge in [0.25, 0.3) is 0 Å². The first-order valence-electron chi connectivity index (χ1n) is 6.51. The average molecular weight is 265 g/mol. The van der Waals surface area contributed by atoms with Crippen LogP contribution in [0.1, 0.15) is 25.7 Å². The van der Waals surface area contributed by atoms with Crippen LogP contribution in [0.15, 0.2) is 23.1 Å². The van der Waals surface area contributed by atoms with E-state index in [0.29, 0.717) is 5.54 Å². The maximum Gasteiger partial charge on any atom is 0.142 e. The Morgan fingerprint density at radius 1 is 1.33 bits per heavy atom. The van der Waals surface area contributed by atoms with Crippen LogP contribution in [-0.4, -0.2) is 11.8 Å². The van der Waals surface area contributed by atoms with E-state index in [-0.39, 0.29) is 12.1 Å². The fourth-order valence-corrected chi connectivity index (χ4v) is 3.57. The van der Waals surface area contributed by atoms with Gasteiger partial charge in [-0.05, 0) is 61.7 Å². The van der Waals surface area contributed by atoms with Gasteiger partial charge < -0.3 is 5.32 Å². The summed E-state index contributed by atoms with van der Waals surface area (Å²) in [5.74, 6) is 0.689. The largest absolute Gasteiger partial charge is 0.356 e. The van der Waals surface area contributed by atoms with E-state index in [1.54, 1.807) is 6.07 Å². The highest BCUT2D eigenvalue weighted by Gasteiger charge is 2.54. The number of nitrogens with one attached hydrogen (secondary N) is 3. The normalized spacial score (nSPS) is 28.4. The van der Waals surface area contributed by atoms with Crippen molar-refractivity contribution < 1.29 is 4.39 Å². The first-order valence-corrected chi connectivity index (χ1v) is 7.33. The zero-order valence-corrected chi connectivity index (χ0v) is 10.8. The number of hydrogen-bond acceptors (Lipinski definition) is 4. The molecule has 96 valence electrons. The summed E-state index contributed by atoms with van der Waals surface area (Å²) in [7, 11) is 0. The molecule has 1 aromatic carbocycles. The van der Waals surface area contributed by atoms with Crippen molar-refractivity contribution in [3.8, 4) is 0 Å². The van der Waals surface area contributed by atoms with Gasteiger partial charge in [-0.25, -0.2) is 9.11 Å². The van der Waals surface area contributed by atoms with Crippen LogP contribution >= 0.6 is 11.9 Å². The smallest absolute Gasteiger partial charge is 0.142 e. The molecule has 4 rings (SSSR count). The Morgan fingerprint density at radius 2 is 2.17 bits per heavy atom. The molecule has 0 radical (unpaired) electrons. The third-order valence-corrected chi connectivity index (χ3v) is 5.02. The van der Waals surface area contributed by atoms with Crippen LogP contribution in [-0.2, 0) is 0 Å². The van der Waals surface area contributed by atoms with Gasteiger partial charge in [0.1, 0.15) is 12.1 Å². The SMILES string of the molecule is Fc1ccc2c(c1)SNC(NC1(C3CC3)CC1)N2. The highest BCUT2D eigenvalue weighted by Crippen LogP contribution is 2.54. The molecule has 3 aliphatic rings. The Balaban J connectivity index is 1.48. The number of anilines is 1. The Kier molecular flexibility index (Phi) is 2.37. The molecule has 2 fully saturated rings. The number of fused-ring (bicyclic) bond motifs is 1. The lowest BCUT2D eigenvalue weighted by atomic mass is 10.1. The molecule has 0 saturated heterocycles.